The highest BCUT2D eigenvalue weighted by molar-refractivity contribution is 7.15. The van der Waals surface area contributed by atoms with E-state index in [2.05, 4.69) is 20.5 Å². The van der Waals surface area contributed by atoms with Crippen LogP contribution in [-0.4, -0.2) is 20.0 Å². The third kappa shape index (κ3) is 3.33. The lowest BCUT2D eigenvalue weighted by Gasteiger charge is -2.07. The molecule has 0 saturated carbocycles. The average molecular weight is 374 g/mol. The maximum absolute atomic E-state index is 13.1. The van der Waals surface area contributed by atoms with Gasteiger partial charge in [-0.1, -0.05) is 11.6 Å². The van der Waals surface area contributed by atoms with E-state index >= 15 is 0 Å². The van der Waals surface area contributed by atoms with Crippen LogP contribution in [-0.2, 0) is 6.54 Å². The minimum atomic E-state index is -0.286. The van der Waals surface area contributed by atoms with Crippen molar-refractivity contribution in [2.24, 2.45) is 0 Å². The Morgan fingerprint density at radius 3 is 2.56 bits per heavy atom. The monoisotopic (exact) mass is 373 g/mol. The molecular weight excluding hydrogens is 361 g/mol. The van der Waals surface area contributed by atoms with Crippen LogP contribution in [0.4, 0.5) is 10.1 Å². The number of aromatic nitrogens is 4. The van der Waals surface area contributed by atoms with Crippen LogP contribution in [0.3, 0.4) is 0 Å². The molecule has 0 spiro atoms. The van der Waals surface area contributed by atoms with Crippen molar-refractivity contribution in [1.82, 2.24) is 20.0 Å². The number of hydrogen-bond acceptors (Lipinski definition) is 5. The number of hydrogen-bond donors (Lipinski definition) is 1. The maximum Gasteiger partial charge on any atom is 0.183 e. The van der Waals surface area contributed by atoms with Gasteiger partial charge in [-0.25, -0.2) is 9.37 Å². The van der Waals surface area contributed by atoms with E-state index < -0.39 is 0 Å². The fourth-order valence-corrected chi connectivity index (χ4v) is 3.41. The summed E-state index contributed by atoms with van der Waals surface area (Å²) in [6, 6.07) is 10.0. The van der Waals surface area contributed by atoms with Crippen molar-refractivity contribution in [3.63, 3.8) is 0 Å². The summed E-state index contributed by atoms with van der Waals surface area (Å²) < 4.78 is 13.6. The second-order valence-electron chi connectivity index (χ2n) is 5.55. The van der Waals surface area contributed by atoms with E-state index in [0.717, 1.165) is 27.2 Å². The molecule has 2 heterocycles. The molecule has 2 aromatic carbocycles. The highest BCUT2D eigenvalue weighted by atomic mass is 35.5. The molecule has 0 amide bonds. The molecule has 0 atom stereocenters. The van der Waals surface area contributed by atoms with Gasteiger partial charge in [0.2, 0.25) is 0 Å². The lowest BCUT2D eigenvalue weighted by molar-refractivity contribution is 0.626. The third-order valence-electron chi connectivity index (χ3n) is 3.76. The summed E-state index contributed by atoms with van der Waals surface area (Å²) in [6.07, 6.45) is 1.76. The van der Waals surface area contributed by atoms with E-state index in [1.165, 1.54) is 28.3 Å². The van der Waals surface area contributed by atoms with E-state index in [9.17, 15) is 4.39 Å². The molecule has 8 heteroatoms. The summed E-state index contributed by atoms with van der Waals surface area (Å²) in [6.45, 7) is 2.65. The van der Waals surface area contributed by atoms with Crippen molar-refractivity contribution in [3.8, 4) is 5.69 Å². The second kappa shape index (κ2) is 6.42. The summed E-state index contributed by atoms with van der Waals surface area (Å²) >= 11 is 7.31. The number of thiazole rings is 1. The normalized spacial score (nSPS) is 11.2. The van der Waals surface area contributed by atoms with Gasteiger partial charge in [0.25, 0.3) is 0 Å². The summed E-state index contributed by atoms with van der Waals surface area (Å²) in [5, 5.41) is 12.3. The Balaban J connectivity index is 1.63. The van der Waals surface area contributed by atoms with Gasteiger partial charge in [0, 0.05) is 16.8 Å². The molecule has 4 aromatic rings. The Labute approximate surface area is 152 Å². The molecule has 5 nitrogen and oxygen atoms in total. The summed E-state index contributed by atoms with van der Waals surface area (Å²) in [5.74, 6) is -0.286. The number of nitrogens with one attached hydrogen (secondary N) is 1. The van der Waals surface area contributed by atoms with Crippen molar-refractivity contribution >= 4 is 39.7 Å². The Bertz CT molecular complexity index is 1040. The highest BCUT2D eigenvalue weighted by Crippen LogP contribution is 2.24. The minimum absolute atomic E-state index is 0.286. The number of rotatable bonds is 4. The Morgan fingerprint density at radius 2 is 1.88 bits per heavy atom. The van der Waals surface area contributed by atoms with E-state index in [4.69, 9.17) is 11.6 Å². The fourth-order valence-electron chi connectivity index (χ4n) is 2.50. The molecule has 4 rings (SSSR count). The molecule has 2 aromatic heterocycles. The van der Waals surface area contributed by atoms with Gasteiger partial charge in [0.05, 0.1) is 12.2 Å². The average Bonchev–Trinajstić information content (AvgIpc) is 3.19. The van der Waals surface area contributed by atoms with Gasteiger partial charge >= 0.3 is 0 Å². The molecule has 0 aliphatic heterocycles. The van der Waals surface area contributed by atoms with Crippen LogP contribution in [0.2, 0.25) is 4.47 Å². The maximum atomic E-state index is 13.1. The van der Waals surface area contributed by atoms with Crippen molar-refractivity contribution in [2.45, 2.75) is 13.5 Å². The number of fused-ring (bicyclic) bond motifs is 1. The quantitative estimate of drug-likeness (QED) is 0.568. The van der Waals surface area contributed by atoms with Crippen molar-refractivity contribution < 1.29 is 4.39 Å². The summed E-state index contributed by atoms with van der Waals surface area (Å²) in [7, 11) is 0. The van der Waals surface area contributed by atoms with Crippen LogP contribution in [0.25, 0.3) is 16.7 Å². The molecule has 1 N–H and O–H groups in total. The molecule has 0 aliphatic carbocycles. The van der Waals surface area contributed by atoms with Gasteiger partial charge < -0.3 is 5.32 Å². The van der Waals surface area contributed by atoms with Crippen molar-refractivity contribution in [1.29, 1.82) is 0 Å². The SMILES string of the molecule is Cc1cc2nn(-c3ccc(F)cc3)nc2cc1NCc1cnc(Cl)s1. The predicted octanol–water partition coefficient (Wildman–Crippen LogP) is 4.59. The van der Waals surface area contributed by atoms with Crippen LogP contribution in [0.15, 0.2) is 42.6 Å². The van der Waals surface area contributed by atoms with Gasteiger partial charge in [-0.2, -0.15) is 4.80 Å². The highest BCUT2D eigenvalue weighted by Gasteiger charge is 2.09. The lowest BCUT2D eigenvalue weighted by Crippen LogP contribution is -1.99. The first-order valence-corrected chi connectivity index (χ1v) is 8.76. The van der Waals surface area contributed by atoms with E-state index in [-0.39, 0.29) is 5.82 Å². The zero-order valence-electron chi connectivity index (χ0n) is 13.2. The standard InChI is InChI=1S/C17H13ClFN5S/c1-10-6-15-16(7-14(10)20-8-13-9-21-17(18)25-13)23-24(22-15)12-4-2-11(19)3-5-12/h2-7,9,20H,8H2,1H3. The smallest absolute Gasteiger partial charge is 0.183 e. The number of halogens is 2. The largest absolute Gasteiger partial charge is 0.380 e. The molecule has 0 unspecified atom stereocenters. The van der Waals surface area contributed by atoms with Crippen LogP contribution in [0.1, 0.15) is 10.4 Å². The van der Waals surface area contributed by atoms with Crippen LogP contribution >= 0.6 is 22.9 Å². The molecule has 0 saturated heterocycles. The molecule has 0 aliphatic rings. The van der Waals surface area contributed by atoms with Crippen LogP contribution in [0, 0.1) is 12.7 Å². The van der Waals surface area contributed by atoms with Gasteiger partial charge in [-0.05, 0) is 48.9 Å². The van der Waals surface area contributed by atoms with Gasteiger partial charge in [-0.15, -0.1) is 21.5 Å². The Kier molecular flexibility index (Phi) is 4.10. The van der Waals surface area contributed by atoms with Gasteiger partial charge in [-0.3, -0.25) is 0 Å². The van der Waals surface area contributed by atoms with E-state index in [1.807, 2.05) is 19.1 Å². The summed E-state index contributed by atoms with van der Waals surface area (Å²) in [4.78, 5) is 6.60. The minimum Gasteiger partial charge on any atom is -0.380 e. The molecule has 0 bridgehead atoms. The topological polar surface area (TPSA) is 55.6 Å². The second-order valence-corrected chi connectivity index (χ2v) is 7.25. The summed E-state index contributed by atoms with van der Waals surface area (Å²) in [5.41, 5.74) is 4.30. The Hall–Kier alpha value is -2.51. The molecule has 126 valence electrons. The Morgan fingerprint density at radius 1 is 1.16 bits per heavy atom. The molecule has 0 radical (unpaired) electrons. The first-order valence-electron chi connectivity index (χ1n) is 7.56. The van der Waals surface area contributed by atoms with Gasteiger partial charge in [0.15, 0.2) is 4.47 Å². The van der Waals surface area contributed by atoms with Crippen molar-refractivity contribution in [3.05, 3.63) is 63.3 Å². The molecule has 25 heavy (non-hydrogen) atoms. The van der Waals surface area contributed by atoms with Crippen LogP contribution < -0.4 is 5.32 Å². The van der Waals surface area contributed by atoms with Gasteiger partial charge in [0.1, 0.15) is 16.9 Å². The van der Waals surface area contributed by atoms with Crippen molar-refractivity contribution in [2.75, 3.05) is 5.32 Å². The van der Waals surface area contributed by atoms with Crippen LogP contribution in [0.5, 0.6) is 0 Å². The van der Waals surface area contributed by atoms with E-state index in [1.54, 1.807) is 18.3 Å². The zero-order chi connectivity index (χ0) is 17.4. The van der Waals surface area contributed by atoms with E-state index in [0.29, 0.717) is 16.7 Å². The number of aryl methyl sites for hydroxylation is 1. The molecule has 0 fully saturated rings. The number of benzene rings is 2. The first kappa shape index (κ1) is 16.0. The fraction of sp³-hybridized carbons (Fsp3) is 0.118. The zero-order valence-corrected chi connectivity index (χ0v) is 14.8. The number of nitrogens with zero attached hydrogens (tertiary/aromatic N) is 4. The number of anilines is 1. The first-order chi connectivity index (χ1) is 12.1. The third-order valence-corrected chi connectivity index (χ3v) is 4.88. The lowest BCUT2D eigenvalue weighted by atomic mass is 10.1. The molecular formula is C17H13ClFN5S. The predicted molar refractivity (Wildman–Crippen MR) is 98.0 cm³/mol.